The molecule has 0 saturated heterocycles. The predicted molar refractivity (Wildman–Crippen MR) is 65.4 cm³/mol. The summed E-state index contributed by atoms with van der Waals surface area (Å²) in [6, 6.07) is 0.750. The summed E-state index contributed by atoms with van der Waals surface area (Å²) in [5.74, 6) is 1.48. The maximum absolute atomic E-state index is 9.01. The van der Waals surface area contributed by atoms with Crippen molar-refractivity contribution in [1.82, 2.24) is 4.90 Å². The van der Waals surface area contributed by atoms with E-state index < -0.39 is 0 Å². The van der Waals surface area contributed by atoms with Crippen LogP contribution in [0.5, 0.6) is 0 Å². The minimum atomic E-state index is 0.292. The fourth-order valence-corrected chi connectivity index (χ4v) is 2.45. The van der Waals surface area contributed by atoms with Crippen molar-refractivity contribution in [2.45, 2.75) is 45.1 Å². The smallest absolute Gasteiger partial charge is 0.0558 e. The molecular formula is C12H24ClNO. The van der Waals surface area contributed by atoms with Gasteiger partial charge in [0.2, 0.25) is 0 Å². The first-order valence-electron chi connectivity index (χ1n) is 6.18. The number of hydrogen-bond donors (Lipinski definition) is 1. The molecule has 1 atom stereocenters. The Morgan fingerprint density at radius 3 is 2.53 bits per heavy atom. The minimum absolute atomic E-state index is 0.292. The van der Waals surface area contributed by atoms with Crippen molar-refractivity contribution >= 4 is 11.6 Å². The molecule has 0 aromatic heterocycles. The number of alkyl halides is 1. The van der Waals surface area contributed by atoms with Crippen LogP contribution in [0.4, 0.5) is 0 Å². The van der Waals surface area contributed by atoms with Gasteiger partial charge in [0.05, 0.1) is 6.61 Å². The van der Waals surface area contributed by atoms with Crippen LogP contribution in [-0.2, 0) is 0 Å². The number of halogens is 1. The third kappa shape index (κ3) is 4.71. The summed E-state index contributed by atoms with van der Waals surface area (Å²) in [7, 11) is 0. The fraction of sp³-hybridized carbons (Fsp3) is 1.00. The van der Waals surface area contributed by atoms with E-state index in [0.29, 0.717) is 12.5 Å². The van der Waals surface area contributed by atoms with Crippen LogP contribution in [0.3, 0.4) is 0 Å². The van der Waals surface area contributed by atoms with E-state index in [1.54, 1.807) is 0 Å². The van der Waals surface area contributed by atoms with E-state index in [2.05, 4.69) is 11.8 Å². The van der Waals surface area contributed by atoms with Gasteiger partial charge in [0.1, 0.15) is 0 Å². The molecule has 1 N–H and O–H groups in total. The average molecular weight is 234 g/mol. The fourth-order valence-electron chi connectivity index (χ4n) is 2.07. The standard InChI is InChI=1S/C12H24ClNO/c1-11(5-7-13)6-8-14(9-10-15)12-3-2-4-12/h11-12,15H,2-10H2,1H3. The van der Waals surface area contributed by atoms with Crippen LogP contribution in [0.2, 0.25) is 0 Å². The second kappa shape index (κ2) is 7.48. The van der Waals surface area contributed by atoms with Crippen LogP contribution < -0.4 is 0 Å². The van der Waals surface area contributed by atoms with Gasteiger partial charge in [-0.1, -0.05) is 13.3 Å². The summed E-state index contributed by atoms with van der Waals surface area (Å²) >= 11 is 5.72. The van der Waals surface area contributed by atoms with Crippen LogP contribution in [0.25, 0.3) is 0 Å². The lowest BCUT2D eigenvalue weighted by molar-refractivity contribution is 0.0957. The molecule has 1 rings (SSSR count). The van der Waals surface area contributed by atoms with Crippen LogP contribution >= 0.6 is 11.6 Å². The highest BCUT2D eigenvalue weighted by molar-refractivity contribution is 6.17. The van der Waals surface area contributed by atoms with Crippen LogP contribution in [0.1, 0.15) is 39.0 Å². The summed E-state index contributed by atoms with van der Waals surface area (Å²) in [5, 5.41) is 9.01. The van der Waals surface area contributed by atoms with Crippen molar-refractivity contribution in [2.24, 2.45) is 5.92 Å². The Morgan fingerprint density at radius 2 is 2.07 bits per heavy atom. The summed E-state index contributed by atoms with van der Waals surface area (Å²) in [6.07, 6.45) is 6.33. The molecular weight excluding hydrogens is 210 g/mol. The molecule has 0 spiro atoms. The molecule has 1 saturated carbocycles. The first kappa shape index (κ1) is 13.3. The third-order valence-corrected chi connectivity index (χ3v) is 3.71. The lowest BCUT2D eigenvalue weighted by Crippen LogP contribution is -2.42. The summed E-state index contributed by atoms with van der Waals surface area (Å²) < 4.78 is 0. The Balaban J connectivity index is 2.18. The average Bonchev–Trinajstić information content (AvgIpc) is 2.12. The number of nitrogens with zero attached hydrogens (tertiary/aromatic N) is 1. The number of rotatable bonds is 8. The van der Waals surface area contributed by atoms with Gasteiger partial charge >= 0.3 is 0 Å². The maximum Gasteiger partial charge on any atom is 0.0558 e. The van der Waals surface area contributed by atoms with Gasteiger partial charge in [-0.3, -0.25) is 4.90 Å². The predicted octanol–water partition coefficient (Wildman–Crippen LogP) is 2.49. The highest BCUT2D eigenvalue weighted by Crippen LogP contribution is 2.25. The van der Waals surface area contributed by atoms with Gasteiger partial charge in [0, 0.05) is 18.5 Å². The Kier molecular flexibility index (Phi) is 6.62. The van der Waals surface area contributed by atoms with Gasteiger partial charge in [-0.05, 0) is 38.1 Å². The zero-order valence-electron chi connectivity index (χ0n) is 9.79. The zero-order chi connectivity index (χ0) is 11.1. The van der Waals surface area contributed by atoms with Crippen molar-refractivity contribution in [3.8, 4) is 0 Å². The molecule has 0 radical (unpaired) electrons. The lowest BCUT2D eigenvalue weighted by Gasteiger charge is -2.37. The van der Waals surface area contributed by atoms with E-state index >= 15 is 0 Å². The molecule has 0 aromatic carbocycles. The number of aliphatic hydroxyl groups is 1. The SMILES string of the molecule is CC(CCCl)CCN(CCO)C1CCC1. The summed E-state index contributed by atoms with van der Waals surface area (Å²) in [4.78, 5) is 2.45. The second-order valence-electron chi connectivity index (χ2n) is 4.72. The first-order valence-corrected chi connectivity index (χ1v) is 6.72. The van der Waals surface area contributed by atoms with Crippen molar-refractivity contribution in [1.29, 1.82) is 0 Å². The molecule has 1 aliphatic carbocycles. The molecule has 0 aliphatic heterocycles. The number of aliphatic hydroxyl groups excluding tert-OH is 1. The van der Waals surface area contributed by atoms with Crippen LogP contribution in [-0.4, -0.2) is 41.6 Å². The topological polar surface area (TPSA) is 23.5 Å². The molecule has 0 heterocycles. The molecule has 1 unspecified atom stereocenters. The van der Waals surface area contributed by atoms with E-state index in [0.717, 1.165) is 31.4 Å². The highest BCUT2D eigenvalue weighted by atomic mass is 35.5. The van der Waals surface area contributed by atoms with E-state index in [9.17, 15) is 0 Å². The molecule has 1 fully saturated rings. The minimum Gasteiger partial charge on any atom is -0.395 e. The van der Waals surface area contributed by atoms with Gasteiger partial charge in [0.25, 0.3) is 0 Å². The van der Waals surface area contributed by atoms with Gasteiger partial charge in [-0.25, -0.2) is 0 Å². The molecule has 1 aliphatic rings. The molecule has 15 heavy (non-hydrogen) atoms. The molecule has 0 aromatic rings. The summed E-state index contributed by atoms with van der Waals surface area (Å²) in [5.41, 5.74) is 0. The van der Waals surface area contributed by atoms with E-state index in [4.69, 9.17) is 16.7 Å². The number of hydrogen-bond acceptors (Lipinski definition) is 2. The Bertz CT molecular complexity index is 162. The monoisotopic (exact) mass is 233 g/mol. The van der Waals surface area contributed by atoms with Gasteiger partial charge in [-0.2, -0.15) is 0 Å². The third-order valence-electron chi connectivity index (χ3n) is 3.49. The molecule has 2 nitrogen and oxygen atoms in total. The van der Waals surface area contributed by atoms with Gasteiger partial charge in [-0.15, -0.1) is 11.6 Å². The molecule has 0 bridgehead atoms. The highest BCUT2D eigenvalue weighted by Gasteiger charge is 2.24. The van der Waals surface area contributed by atoms with Crippen molar-refractivity contribution in [3.63, 3.8) is 0 Å². The molecule has 90 valence electrons. The van der Waals surface area contributed by atoms with Crippen molar-refractivity contribution in [2.75, 3.05) is 25.6 Å². The maximum atomic E-state index is 9.01. The Labute approximate surface area is 98.6 Å². The van der Waals surface area contributed by atoms with E-state index in [1.807, 2.05) is 0 Å². The first-order chi connectivity index (χ1) is 7.27. The second-order valence-corrected chi connectivity index (χ2v) is 5.09. The van der Waals surface area contributed by atoms with Gasteiger partial charge in [0.15, 0.2) is 0 Å². The van der Waals surface area contributed by atoms with Crippen LogP contribution in [0, 0.1) is 5.92 Å². The Morgan fingerprint density at radius 1 is 1.33 bits per heavy atom. The van der Waals surface area contributed by atoms with Gasteiger partial charge < -0.3 is 5.11 Å². The quantitative estimate of drug-likeness (QED) is 0.652. The van der Waals surface area contributed by atoms with Crippen molar-refractivity contribution in [3.05, 3.63) is 0 Å². The lowest BCUT2D eigenvalue weighted by atomic mass is 9.91. The van der Waals surface area contributed by atoms with E-state index in [1.165, 1.54) is 25.7 Å². The molecule has 3 heteroatoms. The van der Waals surface area contributed by atoms with Crippen molar-refractivity contribution < 1.29 is 5.11 Å². The normalized spacial score (nSPS) is 19.2. The zero-order valence-corrected chi connectivity index (χ0v) is 10.5. The van der Waals surface area contributed by atoms with Crippen LogP contribution in [0.15, 0.2) is 0 Å². The summed E-state index contributed by atoms with van der Waals surface area (Å²) in [6.45, 7) is 4.53. The largest absolute Gasteiger partial charge is 0.395 e. The molecule has 0 amide bonds. The van der Waals surface area contributed by atoms with E-state index in [-0.39, 0.29) is 0 Å². The Hall–Kier alpha value is 0.210.